The van der Waals surface area contributed by atoms with E-state index in [9.17, 15) is 10.1 Å². The molecule has 0 bridgehead atoms. The number of rotatable bonds is 3. The summed E-state index contributed by atoms with van der Waals surface area (Å²) in [5.41, 5.74) is 0.269. The summed E-state index contributed by atoms with van der Waals surface area (Å²) in [5.74, 6) is -2.07. The lowest BCUT2D eigenvalue weighted by molar-refractivity contribution is -0.419. The van der Waals surface area contributed by atoms with Gasteiger partial charge in [0.25, 0.3) is 5.70 Å². The Balaban J connectivity index is 2.72. The summed E-state index contributed by atoms with van der Waals surface area (Å²) in [6, 6.07) is 0. The molecule has 0 saturated heterocycles. The van der Waals surface area contributed by atoms with Gasteiger partial charge in [0, 0.05) is 25.1 Å². The number of hydrogen-bond acceptors (Lipinski definition) is 5. The number of aliphatic hydroxyl groups is 2. The Morgan fingerprint density at radius 1 is 1.64 bits per heavy atom. The molecule has 6 nitrogen and oxygen atoms in total. The van der Waals surface area contributed by atoms with E-state index in [2.05, 4.69) is 5.32 Å². The van der Waals surface area contributed by atoms with Crippen LogP contribution in [0.2, 0.25) is 0 Å². The van der Waals surface area contributed by atoms with Crippen LogP contribution in [-0.4, -0.2) is 21.0 Å². The molecule has 0 unspecified atom stereocenters. The number of nitro groups is 1. The lowest BCUT2D eigenvalue weighted by Crippen LogP contribution is -2.41. The van der Waals surface area contributed by atoms with Crippen LogP contribution in [0, 0.1) is 16.5 Å². The molecule has 3 N–H and O–H groups in total. The molecule has 0 heterocycles. The van der Waals surface area contributed by atoms with Crippen molar-refractivity contribution in [3.63, 3.8) is 0 Å². The molecule has 77 valence electrons. The fraction of sp³-hybridized carbons (Fsp3) is 0.375. The van der Waals surface area contributed by atoms with Gasteiger partial charge in [0.05, 0.1) is 4.92 Å². The first kappa shape index (κ1) is 10.7. The monoisotopic (exact) mass is 199 g/mol. The maximum atomic E-state index is 10.4. The maximum absolute atomic E-state index is 10.4. The molecule has 0 fully saturated rings. The molecule has 1 radical (unpaired) electrons. The van der Waals surface area contributed by atoms with E-state index < -0.39 is 10.8 Å². The normalized spacial score (nSPS) is 17.1. The smallest absolute Gasteiger partial charge is 0.267 e. The standard InChI is InChI=1S/C8H11N2O4/c1-8(11,12)9-6-3-2-4-7(5-6)10(13)14/h3-5,9,11-12H,2H2,1H3. The van der Waals surface area contributed by atoms with Gasteiger partial charge in [-0.1, -0.05) is 0 Å². The van der Waals surface area contributed by atoms with Crippen molar-refractivity contribution in [1.29, 1.82) is 0 Å². The molecule has 1 rings (SSSR count). The molecule has 0 amide bonds. The Morgan fingerprint density at radius 3 is 2.79 bits per heavy atom. The van der Waals surface area contributed by atoms with E-state index >= 15 is 0 Å². The molecule has 14 heavy (non-hydrogen) atoms. The molecule has 0 aromatic rings. The molecule has 0 saturated carbocycles. The second kappa shape index (κ2) is 3.77. The van der Waals surface area contributed by atoms with Crippen LogP contribution in [0.4, 0.5) is 0 Å². The highest BCUT2D eigenvalue weighted by atomic mass is 16.6. The van der Waals surface area contributed by atoms with Crippen LogP contribution in [0.1, 0.15) is 13.3 Å². The van der Waals surface area contributed by atoms with Gasteiger partial charge in [-0.05, 0) is 12.5 Å². The Labute approximate surface area is 80.7 Å². The van der Waals surface area contributed by atoms with E-state index in [1.54, 1.807) is 6.42 Å². The van der Waals surface area contributed by atoms with Crippen molar-refractivity contribution in [3.05, 3.63) is 40.1 Å². The van der Waals surface area contributed by atoms with Crippen LogP contribution in [0.15, 0.2) is 23.5 Å². The first-order valence-electron chi connectivity index (χ1n) is 4.01. The Kier molecular flexibility index (Phi) is 2.87. The summed E-state index contributed by atoms with van der Waals surface area (Å²) in [6.45, 7) is 1.13. The molecule has 6 heteroatoms. The molecule has 0 aliphatic heterocycles. The third kappa shape index (κ3) is 3.15. The summed E-state index contributed by atoms with van der Waals surface area (Å²) in [4.78, 5) is 9.86. The highest BCUT2D eigenvalue weighted by Gasteiger charge is 2.20. The van der Waals surface area contributed by atoms with Crippen LogP contribution in [0.25, 0.3) is 0 Å². The van der Waals surface area contributed by atoms with Crippen LogP contribution in [0.3, 0.4) is 0 Å². The van der Waals surface area contributed by atoms with Gasteiger partial charge in [-0.3, -0.25) is 10.1 Å². The van der Waals surface area contributed by atoms with Gasteiger partial charge in [-0.25, -0.2) is 0 Å². The van der Waals surface area contributed by atoms with Crippen LogP contribution >= 0.6 is 0 Å². The van der Waals surface area contributed by atoms with Gasteiger partial charge >= 0.3 is 0 Å². The molecular formula is C8H11N2O4. The minimum absolute atomic E-state index is 0.0562. The topological polar surface area (TPSA) is 95.6 Å². The molecule has 1 aliphatic carbocycles. The predicted octanol–water partition coefficient (Wildman–Crippen LogP) is -0.113. The van der Waals surface area contributed by atoms with Crippen molar-refractivity contribution in [1.82, 2.24) is 5.32 Å². The van der Waals surface area contributed by atoms with Crippen molar-refractivity contribution in [2.45, 2.75) is 19.3 Å². The van der Waals surface area contributed by atoms with E-state index in [1.807, 2.05) is 0 Å². The summed E-state index contributed by atoms with van der Waals surface area (Å²) in [6.07, 6.45) is 4.70. The zero-order valence-corrected chi connectivity index (χ0v) is 7.60. The molecule has 0 spiro atoms. The largest absolute Gasteiger partial charge is 0.349 e. The SMILES string of the molecule is CC(O)(O)NC1=CC([N+](=O)[O-])=CC[CH]1. The average molecular weight is 199 g/mol. The first-order valence-corrected chi connectivity index (χ1v) is 4.01. The van der Waals surface area contributed by atoms with Crippen molar-refractivity contribution in [2.75, 3.05) is 0 Å². The van der Waals surface area contributed by atoms with Crippen LogP contribution in [-0.2, 0) is 0 Å². The third-order valence-electron chi connectivity index (χ3n) is 1.56. The Hall–Kier alpha value is -1.40. The number of allylic oxidation sites excluding steroid dienone is 3. The maximum Gasteiger partial charge on any atom is 0.267 e. The summed E-state index contributed by atoms with van der Waals surface area (Å²) < 4.78 is 0. The summed E-state index contributed by atoms with van der Waals surface area (Å²) >= 11 is 0. The number of nitrogens with zero attached hydrogens (tertiary/aromatic N) is 1. The summed E-state index contributed by atoms with van der Waals surface area (Å²) in [7, 11) is 0. The number of nitrogens with one attached hydrogen (secondary N) is 1. The molecule has 1 aliphatic rings. The van der Waals surface area contributed by atoms with Gasteiger partial charge in [-0.2, -0.15) is 0 Å². The fourth-order valence-electron chi connectivity index (χ4n) is 1.07. The quantitative estimate of drug-likeness (QED) is 0.335. The second-order valence-corrected chi connectivity index (χ2v) is 3.07. The Morgan fingerprint density at radius 2 is 2.29 bits per heavy atom. The number of hydrogen-bond donors (Lipinski definition) is 3. The molecular weight excluding hydrogens is 188 g/mol. The van der Waals surface area contributed by atoms with Gasteiger partial charge in [0.1, 0.15) is 0 Å². The van der Waals surface area contributed by atoms with E-state index in [1.165, 1.54) is 12.2 Å². The van der Waals surface area contributed by atoms with Crippen molar-refractivity contribution in [2.24, 2.45) is 0 Å². The predicted molar refractivity (Wildman–Crippen MR) is 48.1 cm³/mol. The summed E-state index contributed by atoms with van der Waals surface area (Å²) in [5, 5.41) is 30.7. The van der Waals surface area contributed by atoms with Gasteiger partial charge in [0.15, 0.2) is 0 Å². The first-order chi connectivity index (χ1) is 6.38. The van der Waals surface area contributed by atoms with E-state index in [0.717, 1.165) is 6.92 Å². The molecule has 0 aromatic carbocycles. The van der Waals surface area contributed by atoms with E-state index in [4.69, 9.17) is 10.2 Å². The van der Waals surface area contributed by atoms with Gasteiger partial charge in [0.2, 0.25) is 5.91 Å². The highest BCUT2D eigenvalue weighted by molar-refractivity contribution is 5.28. The molecule has 0 aromatic heterocycles. The minimum Gasteiger partial charge on any atom is -0.349 e. The zero-order chi connectivity index (χ0) is 10.8. The van der Waals surface area contributed by atoms with Crippen LogP contribution < -0.4 is 5.32 Å². The van der Waals surface area contributed by atoms with E-state index in [-0.39, 0.29) is 5.70 Å². The van der Waals surface area contributed by atoms with Crippen LogP contribution in [0.5, 0.6) is 0 Å². The fourth-order valence-corrected chi connectivity index (χ4v) is 1.07. The van der Waals surface area contributed by atoms with Crippen molar-refractivity contribution >= 4 is 0 Å². The average Bonchev–Trinajstić information content (AvgIpc) is 2.01. The second-order valence-electron chi connectivity index (χ2n) is 3.07. The van der Waals surface area contributed by atoms with Gasteiger partial charge in [-0.15, -0.1) is 0 Å². The highest BCUT2D eigenvalue weighted by Crippen LogP contribution is 2.15. The lowest BCUT2D eigenvalue weighted by Gasteiger charge is -2.21. The van der Waals surface area contributed by atoms with Crippen molar-refractivity contribution < 1.29 is 15.1 Å². The Bertz CT molecular complexity index is 301. The zero-order valence-electron chi connectivity index (χ0n) is 7.60. The van der Waals surface area contributed by atoms with Gasteiger partial charge < -0.3 is 15.5 Å². The third-order valence-corrected chi connectivity index (χ3v) is 1.56. The van der Waals surface area contributed by atoms with Crippen molar-refractivity contribution in [3.8, 4) is 0 Å². The minimum atomic E-state index is -2.07. The lowest BCUT2D eigenvalue weighted by atomic mass is 10.1. The van der Waals surface area contributed by atoms with E-state index in [0.29, 0.717) is 12.1 Å². The molecule has 0 atom stereocenters.